The second-order valence-electron chi connectivity index (χ2n) is 6.96. The molecule has 1 fully saturated rings. The summed E-state index contributed by atoms with van der Waals surface area (Å²) in [6, 6.07) is 17.0. The van der Waals surface area contributed by atoms with Gasteiger partial charge in [-0.3, -0.25) is 4.79 Å². The first kappa shape index (κ1) is 19.8. The summed E-state index contributed by atoms with van der Waals surface area (Å²) in [6.45, 7) is 2.79. The number of hydrogen-bond acceptors (Lipinski definition) is 5. The van der Waals surface area contributed by atoms with Crippen LogP contribution in [0.25, 0.3) is 0 Å². The molecule has 0 spiro atoms. The number of methoxy groups -OCH3 is 1. The van der Waals surface area contributed by atoms with E-state index >= 15 is 0 Å². The lowest BCUT2D eigenvalue weighted by molar-refractivity contribution is 0.0710. The van der Waals surface area contributed by atoms with Crippen LogP contribution in [0.1, 0.15) is 16.3 Å². The summed E-state index contributed by atoms with van der Waals surface area (Å²) in [4.78, 5) is 16.8. The summed E-state index contributed by atoms with van der Waals surface area (Å²) >= 11 is 0. The molecule has 1 saturated heterocycles. The molecule has 0 unspecified atom stereocenters. The predicted molar refractivity (Wildman–Crippen MR) is 111 cm³/mol. The number of hydrogen-bond donors (Lipinski definition) is 0. The van der Waals surface area contributed by atoms with Gasteiger partial charge in [-0.25, -0.2) is 4.39 Å². The van der Waals surface area contributed by atoms with Gasteiger partial charge in [-0.15, -0.1) is 0 Å². The molecular formula is C23H23FN2O4. The van der Waals surface area contributed by atoms with Gasteiger partial charge in [0.15, 0.2) is 5.76 Å². The van der Waals surface area contributed by atoms with Gasteiger partial charge in [-0.2, -0.15) is 0 Å². The van der Waals surface area contributed by atoms with Gasteiger partial charge in [0.2, 0.25) is 0 Å². The van der Waals surface area contributed by atoms with Crippen molar-refractivity contribution < 1.29 is 23.1 Å². The van der Waals surface area contributed by atoms with Gasteiger partial charge in [0.05, 0.1) is 12.8 Å². The van der Waals surface area contributed by atoms with Crippen LogP contribution in [0.5, 0.6) is 11.5 Å². The van der Waals surface area contributed by atoms with E-state index < -0.39 is 0 Å². The van der Waals surface area contributed by atoms with Crippen molar-refractivity contribution in [3.8, 4) is 11.5 Å². The largest absolute Gasteiger partial charge is 0.495 e. The van der Waals surface area contributed by atoms with Gasteiger partial charge in [-0.05, 0) is 48.5 Å². The summed E-state index contributed by atoms with van der Waals surface area (Å²) in [5, 5.41) is 0. The van der Waals surface area contributed by atoms with Crippen molar-refractivity contribution in [3.63, 3.8) is 0 Å². The lowest BCUT2D eigenvalue weighted by Gasteiger charge is -2.36. The number of ether oxygens (including phenoxy) is 2. The minimum Gasteiger partial charge on any atom is -0.495 e. The molecule has 7 heteroatoms. The number of nitrogens with zero attached hydrogens (tertiary/aromatic N) is 2. The molecule has 0 saturated carbocycles. The maximum absolute atomic E-state index is 13.0. The first-order valence-electron chi connectivity index (χ1n) is 9.78. The molecule has 1 aliphatic heterocycles. The van der Waals surface area contributed by atoms with Crippen LogP contribution >= 0.6 is 0 Å². The first-order valence-corrected chi connectivity index (χ1v) is 9.78. The third-order valence-corrected chi connectivity index (χ3v) is 5.06. The molecule has 1 amide bonds. The molecule has 3 aromatic rings. The Morgan fingerprint density at radius 1 is 1.00 bits per heavy atom. The number of halogens is 1. The number of benzene rings is 2. The van der Waals surface area contributed by atoms with E-state index in [1.807, 2.05) is 24.3 Å². The average Bonchev–Trinajstić information content (AvgIpc) is 3.27. The van der Waals surface area contributed by atoms with E-state index in [0.29, 0.717) is 43.4 Å². The van der Waals surface area contributed by atoms with Crippen molar-refractivity contribution in [2.45, 2.75) is 6.61 Å². The fourth-order valence-electron chi connectivity index (χ4n) is 3.45. The number of anilines is 1. The Bertz CT molecular complexity index is 994. The van der Waals surface area contributed by atoms with Gasteiger partial charge in [0.1, 0.15) is 29.7 Å². The third kappa shape index (κ3) is 4.40. The molecule has 1 aromatic heterocycles. The van der Waals surface area contributed by atoms with E-state index in [2.05, 4.69) is 4.90 Å². The average molecular weight is 410 g/mol. The lowest BCUT2D eigenvalue weighted by Crippen LogP contribution is -2.48. The Labute approximate surface area is 174 Å². The van der Waals surface area contributed by atoms with Crippen molar-refractivity contribution in [2.24, 2.45) is 0 Å². The number of amides is 1. The molecule has 2 aromatic carbocycles. The lowest BCUT2D eigenvalue weighted by atomic mass is 10.2. The maximum Gasteiger partial charge on any atom is 0.289 e. The van der Waals surface area contributed by atoms with Crippen LogP contribution in [0.4, 0.5) is 10.1 Å². The Hall–Kier alpha value is -3.48. The minimum absolute atomic E-state index is 0.136. The maximum atomic E-state index is 13.0. The molecule has 30 heavy (non-hydrogen) atoms. The van der Waals surface area contributed by atoms with Crippen molar-refractivity contribution >= 4 is 11.6 Å². The second kappa shape index (κ2) is 8.90. The van der Waals surface area contributed by atoms with E-state index in [1.54, 1.807) is 36.3 Å². The molecule has 0 atom stereocenters. The Kier molecular flexibility index (Phi) is 5.88. The fourth-order valence-corrected chi connectivity index (χ4v) is 3.45. The molecule has 156 valence electrons. The van der Waals surface area contributed by atoms with Gasteiger partial charge in [0, 0.05) is 26.2 Å². The molecule has 1 aliphatic rings. The molecule has 6 nitrogen and oxygen atoms in total. The van der Waals surface area contributed by atoms with Crippen LogP contribution in [0.15, 0.2) is 65.1 Å². The first-order chi connectivity index (χ1) is 14.6. The standard InChI is InChI=1S/C23H23FN2O4/c1-28-21-5-3-2-4-20(21)25-12-14-26(15-13-25)23(27)22-11-10-19(30-22)16-29-18-8-6-17(24)7-9-18/h2-11H,12-16H2,1H3. The SMILES string of the molecule is COc1ccccc1N1CCN(C(=O)c2ccc(COc3ccc(F)cc3)o2)CC1. The molecular weight excluding hydrogens is 387 g/mol. The number of rotatable bonds is 6. The molecule has 0 aliphatic carbocycles. The van der Waals surface area contributed by atoms with Crippen LogP contribution in [0.3, 0.4) is 0 Å². The highest BCUT2D eigenvalue weighted by Gasteiger charge is 2.25. The summed E-state index contributed by atoms with van der Waals surface area (Å²) in [6.07, 6.45) is 0. The summed E-state index contributed by atoms with van der Waals surface area (Å²) < 4.78 is 29.6. The normalized spacial score (nSPS) is 13.9. The summed E-state index contributed by atoms with van der Waals surface area (Å²) in [7, 11) is 1.66. The van der Waals surface area contributed by atoms with Crippen molar-refractivity contribution in [2.75, 3.05) is 38.2 Å². The highest BCUT2D eigenvalue weighted by Crippen LogP contribution is 2.28. The number of furan rings is 1. The van der Waals surface area contributed by atoms with Gasteiger partial charge in [0.25, 0.3) is 5.91 Å². The zero-order valence-electron chi connectivity index (χ0n) is 16.7. The van der Waals surface area contributed by atoms with Crippen LogP contribution in [0.2, 0.25) is 0 Å². The van der Waals surface area contributed by atoms with Gasteiger partial charge < -0.3 is 23.7 Å². The molecule has 4 rings (SSSR count). The molecule has 0 radical (unpaired) electrons. The van der Waals surface area contributed by atoms with Crippen molar-refractivity contribution in [1.29, 1.82) is 0 Å². The fraction of sp³-hybridized carbons (Fsp3) is 0.261. The number of carbonyl (C=O) groups excluding carboxylic acids is 1. The van der Waals surface area contributed by atoms with Gasteiger partial charge in [-0.1, -0.05) is 12.1 Å². The zero-order valence-corrected chi connectivity index (χ0v) is 16.7. The minimum atomic E-state index is -0.320. The third-order valence-electron chi connectivity index (χ3n) is 5.06. The van der Waals surface area contributed by atoms with Crippen molar-refractivity contribution in [3.05, 3.63) is 78.0 Å². The van der Waals surface area contributed by atoms with Gasteiger partial charge >= 0.3 is 0 Å². The monoisotopic (exact) mass is 410 g/mol. The summed E-state index contributed by atoms with van der Waals surface area (Å²) in [5.41, 5.74) is 1.03. The molecule has 0 bridgehead atoms. The second-order valence-corrected chi connectivity index (χ2v) is 6.96. The predicted octanol–water partition coefficient (Wildman–Crippen LogP) is 3.97. The van der Waals surface area contributed by atoms with E-state index in [9.17, 15) is 9.18 Å². The van der Waals surface area contributed by atoms with E-state index in [0.717, 1.165) is 11.4 Å². The molecule has 0 N–H and O–H groups in total. The highest BCUT2D eigenvalue weighted by molar-refractivity contribution is 5.91. The number of piperazine rings is 1. The number of carbonyl (C=O) groups is 1. The number of para-hydroxylation sites is 2. The Morgan fingerprint density at radius 3 is 2.47 bits per heavy atom. The van der Waals surface area contributed by atoms with Crippen LogP contribution < -0.4 is 14.4 Å². The van der Waals surface area contributed by atoms with Crippen LogP contribution in [-0.2, 0) is 6.61 Å². The quantitative estimate of drug-likeness (QED) is 0.616. The van der Waals surface area contributed by atoms with E-state index in [4.69, 9.17) is 13.9 Å². The highest BCUT2D eigenvalue weighted by atomic mass is 19.1. The van der Waals surface area contributed by atoms with E-state index in [1.165, 1.54) is 12.1 Å². The topological polar surface area (TPSA) is 55.2 Å². The van der Waals surface area contributed by atoms with Crippen LogP contribution in [0, 0.1) is 5.82 Å². The molecule has 2 heterocycles. The summed E-state index contributed by atoms with van der Waals surface area (Å²) in [5.74, 6) is 1.73. The Morgan fingerprint density at radius 2 is 1.73 bits per heavy atom. The Balaban J connectivity index is 1.33. The van der Waals surface area contributed by atoms with E-state index in [-0.39, 0.29) is 18.3 Å². The zero-order chi connectivity index (χ0) is 20.9. The van der Waals surface area contributed by atoms with Crippen molar-refractivity contribution in [1.82, 2.24) is 4.90 Å². The van der Waals surface area contributed by atoms with Crippen LogP contribution in [-0.4, -0.2) is 44.1 Å². The smallest absolute Gasteiger partial charge is 0.289 e.